The maximum absolute atomic E-state index is 12.8. The van der Waals surface area contributed by atoms with Gasteiger partial charge in [-0.3, -0.25) is 9.44 Å². The second-order valence-corrected chi connectivity index (χ2v) is 9.63. The number of aryl methyl sites for hydroxylation is 2. The normalized spacial score (nSPS) is 11.8. The lowest BCUT2D eigenvalue weighted by molar-refractivity contribution is 0.598. The van der Waals surface area contributed by atoms with Crippen molar-refractivity contribution in [3.8, 4) is 0 Å². The van der Waals surface area contributed by atoms with E-state index in [0.29, 0.717) is 22.5 Å². The lowest BCUT2D eigenvalue weighted by Gasteiger charge is -2.15. The quantitative estimate of drug-likeness (QED) is 0.637. The fourth-order valence-corrected chi connectivity index (χ4v) is 5.52. The minimum Gasteiger partial charge on any atom is -0.280 e. The number of nitrogens with one attached hydrogen (secondary N) is 2. The third-order valence-electron chi connectivity index (χ3n) is 4.10. The smallest absolute Gasteiger partial charge is 0.262 e. The minimum absolute atomic E-state index is 0.0876. The van der Waals surface area contributed by atoms with Crippen LogP contribution in [0.15, 0.2) is 82.6 Å². The fraction of sp³-hybridized carbons (Fsp3) is 0.100. The average molecular weight is 417 g/mol. The summed E-state index contributed by atoms with van der Waals surface area (Å²) >= 11 is 0. The molecule has 0 aliphatic carbocycles. The summed E-state index contributed by atoms with van der Waals surface area (Å²) in [6.45, 7) is 3.27. The number of benzene rings is 3. The molecular weight excluding hydrogens is 396 g/mol. The van der Waals surface area contributed by atoms with E-state index < -0.39 is 20.0 Å². The Hall–Kier alpha value is -2.84. The van der Waals surface area contributed by atoms with Crippen LogP contribution in [0.3, 0.4) is 0 Å². The van der Waals surface area contributed by atoms with Gasteiger partial charge in [0.2, 0.25) is 0 Å². The molecular formula is C20H20N2O4S2. The van der Waals surface area contributed by atoms with Gasteiger partial charge >= 0.3 is 0 Å². The summed E-state index contributed by atoms with van der Waals surface area (Å²) in [6.07, 6.45) is 0. The number of sulfonamides is 2. The molecule has 0 aromatic heterocycles. The molecule has 0 heterocycles. The first-order valence-corrected chi connectivity index (χ1v) is 11.4. The third-order valence-corrected chi connectivity index (χ3v) is 7.15. The van der Waals surface area contributed by atoms with Gasteiger partial charge in [0, 0.05) is 11.4 Å². The van der Waals surface area contributed by atoms with Crippen molar-refractivity contribution in [2.75, 3.05) is 9.44 Å². The topological polar surface area (TPSA) is 92.3 Å². The van der Waals surface area contributed by atoms with Crippen molar-refractivity contribution in [3.05, 3.63) is 83.9 Å². The molecule has 0 bridgehead atoms. The molecule has 0 saturated heterocycles. The molecule has 0 radical (unpaired) electrons. The predicted molar refractivity (Wildman–Crippen MR) is 110 cm³/mol. The first kappa shape index (κ1) is 19.9. The molecule has 3 rings (SSSR count). The molecule has 0 fully saturated rings. The molecule has 8 heteroatoms. The van der Waals surface area contributed by atoms with Gasteiger partial charge in [-0.2, -0.15) is 0 Å². The van der Waals surface area contributed by atoms with E-state index in [1.807, 2.05) is 0 Å². The highest BCUT2D eigenvalue weighted by molar-refractivity contribution is 7.93. The Morgan fingerprint density at radius 3 is 1.29 bits per heavy atom. The van der Waals surface area contributed by atoms with E-state index in [9.17, 15) is 16.8 Å². The van der Waals surface area contributed by atoms with Crippen LogP contribution in [0.25, 0.3) is 0 Å². The number of hydrogen-bond acceptors (Lipinski definition) is 4. The van der Waals surface area contributed by atoms with Crippen LogP contribution in [-0.4, -0.2) is 16.8 Å². The summed E-state index contributed by atoms with van der Waals surface area (Å²) in [5, 5.41) is 0. The highest BCUT2D eigenvalue weighted by Gasteiger charge is 2.24. The fourth-order valence-electron chi connectivity index (χ4n) is 2.83. The van der Waals surface area contributed by atoms with E-state index in [1.54, 1.807) is 80.6 Å². The zero-order valence-corrected chi connectivity index (χ0v) is 17.0. The van der Waals surface area contributed by atoms with Gasteiger partial charge in [-0.1, -0.05) is 42.5 Å². The van der Waals surface area contributed by atoms with Crippen LogP contribution >= 0.6 is 0 Å². The average Bonchev–Trinajstić information content (AvgIpc) is 2.62. The van der Waals surface area contributed by atoms with Crippen molar-refractivity contribution in [3.63, 3.8) is 0 Å². The summed E-state index contributed by atoms with van der Waals surface area (Å²) in [6, 6.07) is 19.6. The molecule has 0 amide bonds. The molecule has 3 aromatic carbocycles. The van der Waals surface area contributed by atoms with Crippen LogP contribution in [-0.2, 0) is 20.0 Å². The molecule has 3 aromatic rings. The molecule has 0 atom stereocenters. The molecule has 0 saturated carbocycles. The predicted octanol–water partition coefficient (Wildman–Crippen LogP) is 3.91. The summed E-state index contributed by atoms with van der Waals surface area (Å²) in [7, 11) is -7.92. The Balaban J connectivity index is 2.03. The highest BCUT2D eigenvalue weighted by atomic mass is 32.2. The largest absolute Gasteiger partial charge is 0.280 e. The third kappa shape index (κ3) is 4.35. The monoisotopic (exact) mass is 416 g/mol. The maximum Gasteiger partial charge on any atom is 0.262 e. The zero-order chi connectivity index (χ0) is 20.4. The summed E-state index contributed by atoms with van der Waals surface area (Å²) < 4.78 is 56.3. The molecule has 2 N–H and O–H groups in total. The van der Waals surface area contributed by atoms with E-state index in [0.717, 1.165) is 0 Å². The first-order valence-electron chi connectivity index (χ1n) is 8.46. The van der Waals surface area contributed by atoms with Gasteiger partial charge in [0.15, 0.2) is 0 Å². The maximum atomic E-state index is 12.8. The molecule has 0 spiro atoms. The molecule has 0 aliphatic heterocycles. The minimum atomic E-state index is -3.96. The van der Waals surface area contributed by atoms with Gasteiger partial charge in [-0.25, -0.2) is 16.8 Å². The van der Waals surface area contributed by atoms with Crippen molar-refractivity contribution in [1.29, 1.82) is 0 Å². The summed E-state index contributed by atoms with van der Waals surface area (Å²) in [5.74, 6) is 0. The van der Waals surface area contributed by atoms with Crippen LogP contribution in [0.5, 0.6) is 0 Å². The van der Waals surface area contributed by atoms with Gasteiger partial charge in [0.05, 0.1) is 9.79 Å². The van der Waals surface area contributed by atoms with Crippen LogP contribution in [0, 0.1) is 13.8 Å². The second kappa shape index (κ2) is 7.65. The second-order valence-electron chi connectivity index (χ2n) is 6.33. The van der Waals surface area contributed by atoms with Gasteiger partial charge in [-0.05, 0) is 55.3 Å². The molecule has 0 unspecified atom stereocenters. The van der Waals surface area contributed by atoms with Crippen LogP contribution in [0.1, 0.15) is 11.1 Å². The Bertz CT molecular complexity index is 1100. The van der Waals surface area contributed by atoms with Gasteiger partial charge in [-0.15, -0.1) is 0 Å². The van der Waals surface area contributed by atoms with Gasteiger partial charge < -0.3 is 0 Å². The standard InChI is InChI=1S/C20H20N2O4S2/c1-15-13-16(2)20(28(25,26)22-18-11-7-4-8-12-18)14-19(15)27(23,24)21-17-9-5-3-6-10-17/h3-14,21-22H,1-2H3. The highest BCUT2D eigenvalue weighted by Crippen LogP contribution is 2.27. The van der Waals surface area contributed by atoms with E-state index in [-0.39, 0.29) is 9.79 Å². The number of anilines is 2. The van der Waals surface area contributed by atoms with Crippen LogP contribution in [0.4, 0.5) is 11.4 Å². The van der Waals surface area contributed by atoms with Crippen molar-refractivity contribution in [2.24, 2.45) is 0 Å². The first-order chi connectivity index (χ1) is 13.2. The lowest BCUT2D eigenvalue weighted by Crippen LogP contribution is -2.18. The van der Waals surface area contributed by atoms with E-state index in [2.05, 4.69) is 9.44 Å². The van der Waals surface area contributed by atoms with Crippen molar-refractivity contribution in [1.82, 2.24) is 0 Å². The van der Waals surface area contributed by atoms with Gasteiger partial charge in [0.25, 0.3) is 20.0 Å². The summed E-state index contributed by atoms with van der Waals surface area (Å²) in [4.78, 5) is -0.175. The van der Waals surface area contributed by atoms with Crippen molar-refractivity contribution >= 4 is 31.4 Å². The van der Waals surface area contributed by atoms with E-state index >= 15 is 0 Å². The van der Waals surface area contributed by atoms with Crippen molar-refractivity contribution in [2.45, 2.75) is 23.6 Å². The molecule has 6 nitrogen and oxygen atoms in total. The zero-order valence-electron chi connectivity index (χ0n) is 15.4. The summed E-state index contributed by atoms with van der Waals surface area (Å²) in [5.41, 5.74) is 1.71. The number of para-hydroxylation sites is 2. The number of hydrogen-bond donors (Lipinski definition) is 2. The van der Waals surface area contributed by atoms with E-state index in [1.165, 1.54) is 6.07 Å². The van der Waals surface area contributed by atoms with Crippen molar-refractivity contribution < 1.29 is 16.8 Å². The van der Waals surface area contributed by atoms with E-state index in [4.69, 9.17) is 0 Å². The molecule has 146 valence electrons. The molecule has 28 heavy (non-hydrogen) atoms. The lowest BCUT2D eigenvalue weighted by atomic mass is 10.2. The Morgan fingerprint density at radius 2 is 0.929 bits per heavy atom. The van der Waals surface area contributed by atoms with Crippen LogP contribution < -0.4 is 9.44 Å². The van der Waals surface area contributed by atoms with Crippen LogP contribution in [0.2, 0.25) is 0 Å². The molecule has 0 aliphatic rings. The number of rotatable bonds is 6. The Kier molecular flexibility index (Phi) is 5.44. The van der Waals surface area contributed by atoms with Gasteiger partial charge in [0.1, 0.15) is 0 Å². The Morgan fingerprint density at radius 1 is 0.571 bits per heavy atom. The Labute approximate surface area is 165 Å². The SMILES string of the molecule is Cc1cc(C)c(S(=O)(=O)Nc2ccccc2)cc1S(=O)(=O)Nc1ccccc1.